The Morgan fingerprint density at radius 1 is 1.37 bits per heavy atom. The molecule has 0 aromatic carbocycles. The average molecular weight is 281 g/mol. The number of thiophene rings is 1. The molecule has 104 valence electrons. The predicted molar refractivity (Wildman–Crippen MR) is 74.2 cm³/mol. The highest BCUT2D eigenvalue weighted by molar-refractivity contribution is 7.07. The summed E-state index contributed by atoms with van der Waals surface area (Å²) >= 11 is 1.64. The van der Waals surface area contributed by atoms with Gasteiger partial charge in [-0.2, -0.15) is 11.3 Å². The normalized spacial score (nSPS) is 17.3. The van der Waals surface area contributed by atoms with Gasteiger partial charge in [-0.15, -0.1) is 0 Å². The molecule has 1 aromatic heterocycles. The second-order valence-electron chi connectivity index (χ2n) is 5.20. The molecule has 4 nitrogen and oxygen atoms in total. The molecule has 0 aliphatic heterocycles. The van der Waals surface area contributed by atoms with Crippen molar-refractivity contribution in [2.24, 2.45) is 5.41 Å². The molecular weight excluding hydrogens is 262 g/mol. The van der Waals surface area contributed by atoms with Crippen molar-refractivity contribution >= 4 is 23.2 Å². The highest BCUT2D eigenvalue weighted by Gasteiger charge is 2.42. The van der Waals surface area contributed by atoms with Crippen LogP contribution in [0.2, 0.25) is 0 Å². The summed E-state index contributed by atoms with van der Waals surface area (Å²) in [7, 11) is 0. The first kappa shape index (κ1) is 14.1. The number of carbonyl (C=O) groups is 2. The number of carbonyl (C=O) groups excluding carboxylic acids is 1. The average Bonchev–Trinajstić information content (AvgIpc) is 3.00. The molecule has 0 unspecified atom stereocenters. The summed E-state index contributed by atoms with van der Waals surface area (Å²) in [6, 6.07) is 2.03. The quantitative estimate of drug-likeness (QED) is 0.841. The summed E-state index contributed by atoms with van der Waals surface area (Å²) in [5.41, 5.74) is 0.394. The maximum absolute atomic E-state index is 11.9. The number of carboxylic acids is 1. The van der Waals surface area contributed by atoms with Crippen molar-refractivity contribution in [3.05, 3.63) is 22.4 Å². The molecule has 2 N–H and O–H groups in total. The minimum absolute atomic E-state index is 0.117. The summed E-state index contributed by atoms with van der Waals surface area (Å²) in [6.45, 7) is 0.575. The third kappa shape index (κ3) is 3.56. The van der Waals surface area contributed by atoms with Gasteiger partial charge in [0, 0.05) is 13.0 Å². The van der Waals surface area contributed by atoms with Crippen LogP contribution in [-0.2, 0) is 16.0 Å². The molecular formula is C14H19NO3S. The topological polar surface area (TPSA) is 66.4 Å². The van der Waals surface area contributed by atoms with Gasteiger partial charge < -0.3 is 10.4 Å². The van der Waals surface area contributed by atoms with E-state index in [0.717, 1.165) is 19.3 Å². The number of hydrogen-bond acceptors (Lipinski definition) is 3. The van der Waals surface area contributed by atoms with E-state index in [4.69, 9.17) is 0 Å². The van der Waals surface area contributed by atoms with E-state index >= 15 is 0 Å². The lowest BCUT2D eigenvalue weighted by molar-refractivity contribution is -0.151. The maximum atomic E-state index is 11.9. The number of amides is 1. The lowest BCUT2D eigenvalue weighted by atomic mass is 9.82. The van der Waals surface area contributed by atoms with Gasteiger partial charge in [0.25, 0.3) is 0 Å². The standard InChI is InChI=1S/C14H19NO3S/c16-12(15-7-3-11-4-8-19-10-11)9-14(13(17)18)5-1-2-6-14/h4,8,10H,1-3,5-7,9H2,(H,15,16)(H,17,18). The lowest BCUT2D eigenvalue weighted by Crippen LogP contribution is -2.36. The molecule has 1 fully saturated rings. The van der Waals surface area contributed by atoms with Gasteiger partial charge in [-0.25, -0.2) is 0 Å². The predicted octanol–water partition coefficient (Wildman–Crippen LogP) is 2.44. The van der Waals surface area contributed by atoms with Crippen LogP contribution in [0.5, 0.6) is 0 Å². The van der Waals surface area contributed by atoms with Crippen molar-refractivity contribution in [3.63, 3.8) is 0 Å². The van der Waals surface area contributed by atoms with Crippen molar-refractivity contribution in [1.82, 2.24) is 5.32 Å². The molecule has 19 heavy (non-hydrogen) atoms. The Morgan fingerprint density at radius 2 is 2.11 bits per heavy atom. The van der Waals surface area contributed by atoms with Crippen LogP contribution in [0.4, 0.5) is 0 Å². The Labute approximate surface area is 116 Å². The Hall–Kier alpha value is -1.36. The summed E-state index contributed by atoms with van der Waals surface area (Å²) in [5, 5.41) is 16.2. The van der Waals surface area contributed by atoms with E-state index in [-0.39, 0.29) is 12.3 Å². The minimum atomic E-state index is -0.821. The van der Waals surface area contributed by atoms with E-state index < -0.39 is 11.4 Å². The number of carboxylic acid groups (broad SMARTS) is 1. The molecule has 1 aliphatic rings. The van der Waals surface area contributed by atoms with E-state index in [9.17, 15) is 14.7 Å². The van der Waals surface area contributed by atoms with Crippen molar-refractivity contribution in [1.29, 1.82) is 0 Å². The second-order valence-corrected chi connectivity index (χ2v) is 5.98. The van der Waals surface area contributed by atoms with Crippen LogP contribution < -0.4 is 5.32 Å². The van der Waals surface area contributed by atoms with Crippen LogP contribution in [0.15, 0.2) is 16.8 Å². The van der Waals surface area contributed by atoms with Crippen molar-refractivity contribution in [2.75, 3.05) is 6.54 Å². The molecule has 1 aromatic rings. The first-order valence-corrected chi connectivity index (χ1v) is 7.58. The van der Waals surface area contributed by atoms with Crippen LogP contribution in [0.25, 0.3) is 0 Å². The molecule has 1 aliphatic carbocycles. The second kappa shape index (κ2) is 6.19. The summed E-state index contributed by atoms with van der Waals surface area (Å²) in [6.07, 6.45) is 3.99. The van der Waals surface area contributed by atoms with Crippen LogP contribution >= 0.6 is 11.3 Å². The zero-order chi connectivity index (χ0) is 13.7. The highest BCUT2D eigenvalue weighted by atomic mass is 32.1. The number of rotatable bonds is 6. The molecule has 0 atom stereocenters. The van der Waals surface area contributed by atoms with Crippen molar-refractivity contribution in [2.45, 2.75) is 38.5 Å². The van der Waals surface area contributed by atoms with E-state index in [1.807, 2.05) is 11.4 Å². The third-order valence-corrected chi connectivity index (χ3v) is 4.56. The fourth-order valence-electron chi connectivity index (χ4n) is 2.67. The number of nitrogens with one attached hydrogen (secondary N) is 1. The van der Waals surface area contributed by atoms with Gasteiger partial charge in [0.05, 0.1) is 5.41 Å². The molecule has 0 saturated heterocycles. The Kier molecular flexibility index (Phi) is 4.58. The SMILES string of the molecule is O=C(CC1(C(=O)O)CCCC1)NCCc1ccsc1. The number of hydrogen-bond donors (Lipinski definition) is 2. The van der Waals surface area contributed by atoms with E-state index in [2.05, 4.69) is 10.7 Å². The van der Waals surface area contributed by atoms with Gasteiger partial charge in [0.2, 0.25) is 5.91 Å². The largest absolute Gasteiger partial charge is 0.481 e. The van der Waals surface area contributed by atoms with Gasteiger partial charge >= 0.3 is 5.97 Å². The fraction of sp³-hybridized carbons (Fsp3) is 0.571. The Morgan fingerprint density at radius 3 is 2.68 bits per heavy atom. The zero-order valence-electron chi connectivity index (χ0n) is 10.9. The minimum Gasteiger partial charge on any atom is -0.481 e. The van der Waals surface area contributed by atoms with E-state index in [1.165, 1.54) is 5.56 Å². The Balaban J connectivity index is 1.78. The first-order chi connectivity index (χ1) is 9.12. The smallest absolute Gasteiger partial charge is 0.310 e. The summed E-state index contributed by atoms with van der Waals surface area (Å²) in [5.74, 6) is -0.961. The third-order valence-electron chi connectivity index (χ3n) is 3.83. The molecule has 1 amide bonds. The molecule has 0 radical (unpaired) electrons. The molecule has 0 spiro atoms. The zero-order valence-corrected chi connectivity index (χ0v) is 11.7. The molecule has 1 heterocycles. The van der Waals surface area contributed by atoms with Crippen LogP contribution in [0, 0.1) is 5.41 Å². The Bertz CT molecular complexity index is 436. The fourth-order valence-corrected chi connectivity index (χ4v) is 3.37. The lowest BCUT2D eigenvalue weighted by Gasteiger charge is -2.22. The van der Waals surface area contributed by atoms with Gasteiger partial charge in [0.15, 0.2) is 0 Å². The van der Waals surface area contributed by atoms with Gasteiger partial charge in [0.1, 0.15) is 0 Å². The van der Waals surface area contributed by atoms with E-state index in [0.29, 0.717) is 19.4 Å². The van der Waals surface area contributed by atoms with Crippen LogP contribution in [-0.4, -0.2) is 23.5 Å². The summed E-state index contributed by atoms with van der Waals surface area (Å²) in [4.78, 5) is 23.2. The maximum Gasteiger partial charge on any atom is 0.310 e. The van der Waals surface area contributed by atoms with Gasteiger partial charge in [-0.3, -0.25) is 9.59 Å². The first-order valence-electron chi connectivity index (χ1n) is 6.64. The highest BCUT2D eigenvalue weighted by Crippen LogP contribution is 2.41. The van der Waals surface area contributed by atoms with Crippen LogP contribution in [0.1, 0.15) is 37.7 Å². The van der Waals surface area contributed by atoms with Crippen molar-refractivity contribution < 1.29 is 14.7 Å². The molecule has 0 bridgehead atoms. The molecule has 1 saturated carbocycles. The van der Waals surface area contributed by atoms with Crippen molar-refractivity contribution in [3.8, 4) is 0 Å². The summed E-state index contributed by atoms with van der Waals surface area (Å²) < 4.78 is 0. The monoisotopic (exact) mass is 281 g/mol. The van der Waals surface area contributed by atoms with Crippen LogP contribution in [0.3, 0.4) is 0 Å². The molecule has 2 rings (SSSR count). The van der Waals surface area contributed by atoms with Gasteiger partial charge in [-0.1, -0.05) is 12.8 Å². The van der Waals surface area contributed by atoms with Gasteiger partial charge in [-0.05, 0) is 41.7 Å². The number of aliphatic carboxylic acids is 1. The molecule has 5 heteroatoms. The van der Waals surface area contributed by atoms with E-state index in [1.54, 1.807) is 11.3 Å².